The molecule has 0 radical (unpaired) electrons. The predicted octanol–water partition coefficient (Wildman–Crippen LogP) is 3.67. The number of rotatable bonds is 4. The summed E-state index contributed by atoms with van der Waals surface area (Å²) >= 11 is 0. The molecule has 1 aliphatic carbocycles. The van der Waals surface area contributed by atoms with Gasteiger partial charge in [-0.1, -0.05) is 12.5 Å². The Kier molecular flexibility index (Phi) is 4.12. The molecule has 2 unspecified atom stereocenters. The summed E-state index contributed by atoms with van der Waals surface area (Å²) in [6.07, 6.45) is 6.14. The highest BCUT2D eigenvalue weighted by Gasteiger charge is 2.41. The molecule has 1 aliphatic rings. The van der Waals surface area contributed by atoms with E-state index in [2.05, 4.69) is 16.5 Å². The fraction of sp³-hybridized carbons (Fsp3) is 0.571. The van der Waals surface area contributed by atoms with E-state index in [9.17, 15) is 8.78 Å². The molecule has 19 heavy (non-hydrogen) atoms. The van der Waals surface area contributed by atoms with Gasteiger partial charge in [-0.05, 0) is 19.3 Å². The minimum absolute atomic E-state index is 0.00639. The molecular formula is C14H18F2N2O. The summed E-state index contributed by atoms with van der Waals surface area (Å²) in [5.41, 5.74) is 0. The SMILES string of the molecule is C=CCC(F)(F)C1CCCC(c2ncc(O)cn2)C1. The number of nitrogens with zero attached hydrogens (tertiary/aromatic N) is 2. The Morgan fingerprint density at radius 1 is 1.37 bits per heavy atom. The zero-order valence-electron chi connectivity index (χ0n) is 10.7. The molecule has 0 spiro atoms. The maximum Gasteiger partial charge on any atom is 0.254 e. The van der Waals surface area contributed by atoms with Gasteiger partial charge >= 0.3 is 0 Å². The largest absolute Gasteiger partial charge is 0.505 e. The summed E-state index contributed by atoms with van der Waals surface area (Å²) < 4.78 is 27.8. The van der Waals surface area contributed by atoms with Crippen LogP contribution in [-0.2, 0) is 0 Å². The van der Waals surface area contributed by atoms with Crippen LogP contribution in [0.2, 0.25) is 0 Å². The van der Waals surface area contributed by atoms with Gasteiger partial charge in [-0.2, -0.15) is 0 Å². The maximum atomic E-state index is 13.9. The molecule has 1 fully saturated rings. The number of hydrogen-bond acceptors (Lipinski definition) is 3. The van der Waals surface area contributed by atoms with E-state index >= 15 is 0 Å². The second kappa shape index (κ2) is 5.63. The van der Waals surface area contributed by atoms with Crippen molar-refractivity contribution in [2.45, 2.75) is 43.9 Å². The van der Waals surface area contributed by atoms with Gasteiger partial charge in [0.1, 0.15) is 5.82 Å². The summed E-state index contributed by atoms with van der Waals surface area (Å²) in [5.74, 6) is -2.83. The van der Waals surface area contributed by atoms with Crippen molar-refractivity contribution in [3.8, 4) is 5.75 Å². The summed E-state index contributed by atoms with van der Waals surface area (Å²) in [6.45, 7) is 3.40. The van der Waals surface area contributed by atoms with Gasteiger partial charge in [-0.3, -0.25) is 0 Å². The Morgan fingerprint density at radius 2 is 2.05 bits per heavy atom. The van der Waals surface area contributed by atoms with Crippen molar-refractivity contribution >= 4 is 0 Å². The number of aromatic hydroxyl groups is 1. The quantitative estimate of drug-likeness (QED) is 0.847. The molecule has 0 aliphatic heterocycles. The third kappa shape index (κ3) is 3.28. The lowest BCUT2D eigenvalue weighted by Crippen LogP contribution is -2.32. The first-order valence-corrected chi connectivity index (χ1v) is 6.52. The molecule has 1 aromatic rings. The molecule has 5 heteroatoms. The highest BCUT2D eigenvalue weighted by atomic mass is 19.3. The summed E-state index contributed by atoms with van der Waals surface area (Å²) in [4.78, 5) is 8.08. The highest BCUT2D eigenvalue weighted by molar-refractivity contribution is 5.12. The molecule has 0 bridgehead atoms. The van der Waals surface area contributed by atoms with Gasteiger partial charge < -0.3 is 5.11 Å². The summed E-state index contributed by atoms with van der Waals surface area (Å²) in [6, 6.07) is 0. The molecule has 104 valence electrons. The van der Waals surface area contributed by atoms with Gasteiger partial charge in [-0.25, -0.2) is 18.7 Å². The average Bonchev–Trinajstić information content (AvgIpc) is 2.40. The van der Waals surface area contributed by atoms with Crippen LogP contribution >= 0.6 is 0 Å². The highest BCUT2D eigenvalue weighted by Crippen LogP contribution is 2.43. The Labute approximate surface area is 111 Å². The van der Waals surface area contributed by atoms with Gasteiger partial charge in [0.25, 0.3) is 5.92 Å². The lowest BCUT2D eigenvalue weighted by atomic mass is 9.77. The third-order valence-electron chi connectivity index (χ3n) is 3.71. The Bertz CT molecular complexity index is 434. The van der Waals surface area contributed by atoms with E-state index in [4.69, 9.17) is 5.11 Å². The molecule has 0 amide bonds. The Hall–Kier alpha value is -1.52. The van der Waals surface area contributed by atoms with E-state index in [1.165, 1.54) is 18.5 Å². The standard InChI is InChI=1S/C14H18F2N2O/c1-2-6-14(15,16)11-5-3-4-10(7-11)13-17-8-12(19)9-18-13/h2,8-11,19H,1,3-7H2. The molecule has 3 nitrogen and oxygen atoms in total. The molecule has 0 saturated heterocycles. The predicted molar refractivity (Wildman–Crippen MR) is 68.2 cm³/mol. The van der Waals surface area contributed by atoms with E-state index < -0.39 is 11.8 Å². The molecular weight excluding hydrogens is 250 g/mol. The number of alkyl halides is 2. The third-order valence-corrected chi connectivity index (χ3v) is 3.71. The van der Waals surface area contributed by atoms with Crippen LogP contribution < -0.4 is 0 Å². The number of hydrogen-bond donors (Lipinski definition) is 1. The maximum absolute atomic E-state index is 13.9. The van der Waals surface area contributed by atoms with Crippen LogP contribution in [0.3, 0.4) is 0 Å². The molecule has 2 rings (SSSR count). The molecule has 2 atom stereocenters. The second-order valence-corrected chi connectivity index (χ2v) is 5.11. The van der Waals surface area contributed by atoms with Gasteiger partial charge in [0, 0.05) is 18.3 Å². The van der Waals surface area contributed by atoms with Crippen LogP contribution in [-0.4, -0.2) is 21.0 Å². The lowest BCUT2D eigenvalue weighted by molar-refractivity contribution is -0.0706. The monoisotopic (exact) mass is 268 g/mol. The van der Waals surface area contributed by atoms with Gasteiger partial charge in [0.05, 0.1) is 12.4 Å². The first-order valence-electron chi connectivity index (χ1n) is 6.52. The van der Waals surface area contributed by atoms with Crippen molar-refractivity contribution < 1.29 is 13.9 Å². The smallest absolute Gasteiger partial charge is 0.254 e. The summed E-state index contributed by atoms with van der Waals surface area (Å²) in [5, 5.41) is 9.15. The second-order valence-electron chi connectivity index (χ2n) is 5.11. The first-order chi connectivity index (χ1) is 9.03. The number of aromatic nitrogens is 2. The van der Waals surface area contributed by atoms with Gasteiger partial charge in [0.15, 0.2) is 5.75 Å². The number of halogens is 2. The topological polar surface area (TPSA) is 46.0 Å². The Morgan fingerprint density at radius 3 is 2.68 bits per heavy atom. The van der Waals surface area contributed by atoms with Crippen LogP contribution in [0.15, 0.2) is 25.0 Å². The van der Waals surface area contributed by atoms with Crippen molar-refractivity contribution in [1.82, 2.24) is 9.97 Å². The van der Waals surface area contributed by atoms with Crippen LogP contribution in [0, 0.1) is 5.92 Å². The van der Waals surface area contributed by atoms with Gasteiger partial charge in [0.2, 0.25) is 0 Å². The average molecular weight is 268 g/mol. The van der Waals surface area contributed by atoms with Crippen molar-refractivity contribution in [2.75, 3.05) is 0 Å². The molecule has 0 aromatic carbocycles. The minimum Gasteiger partial charge on any atom is -0.505 e. The molecule has 1 N–H and O–H groups in total. The number of allylic oxidation sites excluding steroid dienone is 1. The van der Waals surface area contributed by atoms with Crippen molar-refractivity contribution in [3.63, 3.8) is 0 Å². The molecule has 1 heterocycles. The minimum atomic E-state index is -2.70. The van der Waals surface area contributed by atoms with E-state index in [0.717, 1.165) is 12.8 Å². The Balaban J connectivity index is 2.08. The molecule has 1 aromatic heterocycles. The zero-order chi connectivity index (χ0) is 13.9. The van der Waals surface area contributed by atoms with Crippen LogP contribution in [0.4, 0.5) is 8.78 Å². The van der Waals surface area contributed by atoms with Gasteiger partial charge in [-0.15, -0.1) is 6.58 Å². The van der Waals surface area contributed by atoms with E-state index in [1.54, 1.807) is 0 Å². The molecule has 1 saturated carbocycles. The van der Waals surface area contributed by atoms with Crippen molar-refractivity contribution in [1.29, 1.82) is 0 Å². The van der Waals surface area contributed by atoms with Crippen LogP contribution in [0.5, 0.6) is 5.75 Å². The first kappa shape index (κ1) is 13.9. The van der Waals surface area contributed by atoms with Crippen LogP contribution in [0.25, 0.3) is 0 Å². The van der Waals surface area contributed by atoms with E-state index in [-0.39, 0.29) is 18.1 Å². The van der Waals surface area contributed by atoms with Crippen LogP contribution in [0.1, 0.15) is 43.8 Å². The van der Waals surface area contributed by atoms with Crippen molar-refractivity contribution in [2.24, 2.45) is 5.92 Å². The van der Waals surface area contributed by atoms with E-state index in [1.807, 2.05) is 0 Å². The summed E-state index contributed by atoms with van der Waals surface area (Å²) in [7, 11) is 0. The lowest BCUT2D eigenvalue weighted by Gasteiger charge is -2.33. The van der Waals surface area contributed by atoms with E-state index in [0.29, 0.717) is 18.7 Å². The fourth-order valence-corrected chi connectivity index (χ4v) is 2.71. The fourth-order valence-electron chi connectivity index (χ4n) is 2.71. The normalized spacial score (nSPS) is 24.1. The zero-order valence-corrected chi connectivity index (χ0v) is 10.7. The van der Waals surface area contributed by atoms with Crippen molar-refractivity contribution in [3.05, 3.63) is 30.9 Å².